The van der Waals surface area contributed by atoms with Gasteiger partial charge in [-0.1, -0.05) is 6.07 Å². The van der Waals surface area contributed by atoms with Crippen LogP contribution in [0.3, 0.4) is 0 Å². The quantitative estimate of drug-likeness (QED) is 0.862. The van der Waals surface area contributed by atoms with Gasteiger partial charge in [-0.15, -0.1) is 0 Å². The minimum Gasteiger partial charge on any atom is -0.371 e. The number of H-pyrrole nitrogens is 1. The van der Waals surface area contributed by atoms with E-state index in [1.165, 1.54) is 0 Å². The van der Waals surface area contributed by atoms with Crippen molar-refractivity contribution in [1.82, 2.24) is 14.9 Å². The highest BCUT2D eigenvalue weighted by Crippen LogP contribution is 2.23. The molecule has 0 saturated carbocycles. The van der Waals surface area contributed by atoms with Crippen molar-refractivity contribution in [2.45, 2.75) is 26.0 Å². The third kappa shape index (κ3) is 2.19. The number of aromatic nitrogens is 2. The lowest BCUT2D eigenvalue weighted by molar-refractivity contribution is 0.0278. The average Bonchev–Trinajstić information content (AvgIpc) is 2.74. The van der Waals surface area contributed by atoms with Gasteiger partial charge < -0.3 is 15.0 Å². The first-order valence-corrected chi connectivity index (χ1v) is 6.73. The molecular weight excluding hydrogens is 242 g/mol. The second kappa shape index (κ2) is 4.83. The van der Waals surface area contributed by atoms with Crippen LogP contribution >= 0.6 is 0 Å². The zero-order valence-corrected chi connectivity index (χ0v) is 11.3. The maximum Gasteiger partial charge on any atom is 0.326 e. The summed E-state index contributed by atoms with van der Waals surface area (Å²) in [6, 6.07) is 6.22. The van der Waals surface area contributed by atoms with Crippen molar-refractivity contribution in [3.63, 3.8) is 0 Å². The summed E-state index contributed by atoms with van der Waals surface area (Å²) in [5, 5.41) is 3.31. The first-order valence-electron chi connectivity index (χ1n) is 6.73. The number of imidazole rings is 1. The van der Waals surface area contributed by atoms with Crippen molar-refractivity contribution in [2.24, 2.45) is 0 Å². The van der Waals surface area contributed by atoms with Crippen LogP contribution in [0.15, 0.2) is 23.0 Å². The van der Waals surface area contributed by atoms with E-state index in [9.17, 15) is 4.79 Å². The lowest BCUT2D eigenvalue weighted by atomic mass is 10.1. The third-order valence-corrected chi connectivity index (χ3v) is 3.56. The van der Waals surface area contributed by atoms with Crippen LogP contribution in [0.25, 0.3) is 11.0 Å². The Morgan fingerprint density at radius 2 is 2.26 bits per heavy atom. The van der Waals surface area contributed by atoms with Crippen LogP contribution < -0.4 is 11.0 Å². The van der Waals surface area contributed by atoms with E-state index in [-0.39, 0.29) is 17.8 Å². The van der Waals surface area contributed by atoms with Crippen LogP contribution in [-0.4, -0.2) is 29.2 Å². The van der Waals surface area contributed by atoms with E-state index in [1.54, 1.807) is 4.57 Å². The van der Waals surface area contributed by atoms with Crippen LogP contribution in [0.1, 0.15) is 31.6 Å². The van der Waals surface area contributed by atoms with E-state index in [0.29, 0.717) is 0 Å². The molecule has 1 atom stereocenters. The van der Waals surface area contributed by atoms with Crippen LogP contribution in [-0.2, 0) is 4.74 Å². The average molecular weight is 261 g/mol. The van der Waals surface area contributed by atoms with Crippen molar-refractivity contribution < 1.29 is 4.74 Å². The van der Waals surface area contributed by atoms with Gasteiger partial charge in [0.15, 0.2) is 0 Å². The Morgan fingerprint density at radius 1 is 1.42 bits per heavy atom. The SMILES string of the molecule is CC(C)n1c(=O)[nH]c2cc(C3CNCCO3)ccc21. The Morgan fingerprint density at radius 3 is 2.95 bits per heavy atom. The second-order valence-corrected chi connectivity index (χ2v) is 5.23. The smallest absolute Gasteiger partial charge is 0.326 e. The van der Waals surface area contributed by atoms with E-state index in [0.717, 1.165) is 36.3 Å². The van der Waals surface area contributed by atoms with Crippen LogP contribution in [0.2, 0.25) is 0 Å². The second-order valence-electron chi connectivity index (χ2n) is 5.23. The number of aromatic amines is 1. The topological polar surface area (TPSA) is 59.0 Å². The molecule has 0 radical (unpaired) electrons. The molecular formula is C14H19N3O2. The molecule has 102 valence electrons. The molecule has 2 aromatic rings. The number of hydrogen-bond acceptors (Lipinski definition) is 3. The van der Waals surface area contributed by atoms with Crippen molar-refractivity contribution in [3.05, 3.63) is 34.2 Å². The molecule has 1 aromatic carbocycles. The van der Waals surface area contributed by atoms with Crippen LogP contribution in [0.5, 0.6) is 0 Å². The number of hydrogen-bond donors (Lipinski definition) is 2. The summed E-state index contributed by atoms with van der Waals surface area (Å²) >= 11 is 0. The minimum absolute atomic E-state index is 0.0511. The van der Waals surface area contributed by atoms with Gasteiger partial charge in [0.2, 0.25) is 0 Å². The largest absolute Gasteiger partial charge is 0.371 e. The van der Waals surface area contributed by atoms with E-state index >= 15 is 0 Å². The highest BCUT2D eigenvalue weighted by atomic mass is 16.5. The zero-order valence-electron chi connectivity index (χ0n) is 11.3. The van der Waals surface area contributed by atoms with Gasteiger partial charge in [0, 0.05) is 19.1 Å². The Kier molecular flexibility index (Phi) is 3.16. The summed E-state index contributed by atoms with van der Waals surface area (Å²) in [5.41, 5.74) is 2.89. The van der Waals surface area contributed by atoms with Crippen molar-refractivity contribution in [3.8, 4) is 0 Å². The predicted octanol–water partition coefficient (Wildman–Crippen LogP) is 1.57. The lowest BCUT2D eigenvalue weighted by Crippen LogP contribution is -2.33. The van der Waals surface area contributed by atoms with E-state index < -0.39 is 0 Å². The fourth-order valence-electron chi connectivity index (χ4n) is 2.64. The number of benzene rings is 1. The van der Waals surface area contributed by atoms with Gasteiger partial charge in [0.25, 0.3) is 0 Å². The summed E-state index contributed by atoms with van der Waals surface area (Å²) in [5.74, 6) is 0. The van der Waals surface area contributed by atoms with Crippen molar-refractivity contribution in [2.75, 3.05) is 19.7 Å². The van der Waals surface area contributed by atoms with Crippen molar-refractivity contribution >= 4 is 11.0 Å². The molecule has 1 aromatic heterocycles. The van der Waals surface area contributed by atoms with E-state index in [4.69, 9.17) is 4.74 Å². The van der Waals surface area contributed by atoms with Gasteiger partial charge in [0.05, 0.1) is 23.7 Å². The molecule has 0 aliphatic carbocycles. The predicted molar refractivity (Wildman–Crippen MR) is 74.5 cm³/mol. The Balaban J connectivity index is 2.04. The highest BCUT2D eigenvalue weighted by molar-refractivity contribution is 5.76. The van der Waals surface area contributed by atoms with E-state index in [1.807, 2.05) is 32.0 Å². The maximum atomic E-state index is 11.9. The van der Waals surface area contributed by atoms with Gasteiger partial charge in [0.1, 0.15) is 0 Å². The summed E-state index contributed by atoms with van der Waals surface area (Å²) < 4.78 is 7.51. The van der Waals surface area contributed by atoms with Gasteiger partial charge in [-0.3, -0.25) is 4.57 Å². The van der Waals surface area contributed by atoms with Gasteiger partial charge >= 0.3 is 5.69 Å². The Hall–Kier alpha value is -1.59. The molecule has 2 N–H and O–H groups in total. The fourth-order valence-corrected chi connectivity index (χ4v) is 2.64. The lowest BCUT2D eigenvalue weighted by Gasteiger charge is -2.24. The first kappa shape index (κ1) is 12.4. The number of nitrogens with zero attached hydrogens (tertiary/aromatic N) is 1. The molecule has 19 heavy (non-hydrogen) atoms. The number of morpholine rings is 1. The van der Waals surface area contributed by atoms with Crippen LogP contribution in [0.4, 0.5) is 0 Å². The Bertz CT molecular complexity index is 636. The third-order valence-electron chi connectivity index (χ3n) is 3.56. The van der Waals surface area contributed by atoms with Crippen molar-refractivity contribution in [1.29, 1.82) is 0 Å². The summed E-state index contributed by atoms with van der Waals surface area (Å²) in [6.45, 7) is 6.47. The van der Waals surface area contributed by atoms with Gasteiger partial charge in [-0.25, -0.2) is 4.79 Å². The molecule has 1 fully saturated rings. The molecule has 5 heteroatoms. The molecule has 5 nitrogen and oxygen atoms in total. The highest BCUT2D eigenvalue weighted by Gasteiger charge is 2.17. The Labute approximate surface area is 111 Å². The molecule has 3 rings (SSSR count). The summed E-state index contributed by atoms with van der Waals surface area (Å²) in [4.78, 5) is 14.9. The van der Waals surface area contributed by atoms with Crippen LogP contribution in [0, 0.1) is 0 Å². The molecule has 0 spiro atoms. The van der Waals surface area contributed by atoms with Gasteiger partial charge in [-0.2, -0.15) is 0 Å². The number of fused-ring (bicyclic) bond motifs is 1. The monoisotopic (exact) mass is 261 g/mol. The van der Waals surface area contributed by atoms with E-state index in [2.05, 4.69) is 10.3 Å². The summed E-state index contributed by atoms with van der Waals surface area (Å²) in [6.07, 6.45) is 0.0732. The number of rotatable bonds is 2. The fraction of sp³-hybridized carbons (Fsp3) is 0.500. The number of ether oxygens (including phenoxy) is 1. The normalized spacial score (nSPS) is 20.3. The zero-order chi connectivity index (χ0) is 13.4. The summed E-state index contributed by atoms with van der Waals surface area (Å²) in [7, 11) is 0. The molecule has 1 saturated heterocycles. The number of nitrogens with one attached hydrogen (secondary N) is 2. The standard InChI is InChI=1S/C14H19N3O2/c1-9(2)17-12-4-3-10(7-11(12)16-14(17)18)13-8-15-5-6-19-13/h3-4,7,9,13,15H,5-6,8H2,1-2H3,(H,16,18). The first-order chi connectivity index (χ1) is 9.16. The molecule has 0 amide bonds. The molecule has 2 heterocycles. The maximum absolute atomic E-state index is 11.9. The minimum atomic E-state index is -0.0511. The van der Waals surface area contributed by atoms with Gasteiger partial charge in [-0.05, 0) is 31.5 Å². The molecule has 1 unspecified atom stereocenters. The molecule has 0 bridgehead atoms. The molecule has 1 aliphatic rings. The molecule has 1 aliphatic heterocycles.